The fourth-order valence-corrected chi connectivity index (χ4v) is 10.5. The minimum atomic E-state index is -0.482. The van der Waals surface area contributed by atoms with Crippen molar-refractivity contribution in [3.63, 3.8) is 0 Å². The van der Waals surface area contributed by atoms with E-state index in [-0.39, 0.29) is 5.41 Å². The van der Waals surface area contributed by atoms with Crippen molar-refractivity contribution in [3.05, 3.63) is 227 Å². The summed E-state index contributed by atoms with van der Waals surface area (Å²) < 4.78 is 0. The zero-order valence-corrected chi connectivity index (χ0v) is 35.5. The smallest absolute Gasteiger partial charge is 0.170 e. The number of rotatable bonds is 9. The Balaban J connectivity index is 1.06. The molecule has 0 amide bonds. The third-order valence-electron chi connectivity index (χ3n) is 13.6. The minimum absolute atomic E-state index is 0.206. The van der Waals surface area contributed by atoms with E-state index in [9.17, 15) is 0 Å². The summed E-state index contributed by atoms with van der Waals surface area (Å²) in [6.45, 7) is 2.50. The molecular formula is C57H50N6. The molecule has 7 aromatic carbocycles. The summed E-state index contributed by atoms with van der Waals surface area (Å²) in [5, 5.41) is 7.14. The van der Waals surface area contributed by atoms with Crippen LogP contribution < -0.4 is 10.6 Å². The average molecular weight is 819 g/mol. The Morgan fingerprint density at radius 2 is 0.857 bits per heavy atom. The normalized spacial score (nSPS) is 21.0. The lowest BCUT2D eigenvalue weighted by molar-refractivity contribution is 0.232. The van der Waals surface area contributed by atoms with Gasteiger partial charge < -0.3 is 10.6 Å². The van der Waals surface area contributed by atoms with Crippen molar-refractivity contribution in [3.8, 4) is 22.3 Å². The van der Waals surface area contributed by atoms with Gasteiger partial charge in [0.2, 0.25) is 0 Å². The van der Waals surface area contributed by atoms with E-state index in [0.717, 1.165) is 90.8 Å². The van der Waals surface area contributed by atoms with Crippen LogP contribution in [0.4, 0.5) is 0 Å². The first-order valence-corrected chi connectivity index (χ1v) is 22.4. The molecule has 0 saturated heterocycles. The van der Waals surface area contributed by atoms with Gasteiger partial charge in [0.05, 0.1) is 0 Å². The Labute approximate surface area is 370 Å². The maximum Gasteiger partial charge on any atom is 0.170 e. The van der Waals surface area contributed by atoms with Crippen LogP contribution in [0, 0.1) is 11.8 Å². The third kappa shape index (κ3) is 7.82. The fourth-order valence-electron chi connectivity index (χ4n) is 10.5. The van der Waals surface area contributed by atoms with Crippen molar-refractivity contribution in [2.45, 2.75) is 56.8 Å². The predicted molar refractivity (Wildman–Crippen MR) is 258 cm³/mol. The molecule has 2 saturated carbocycles. The molecule has 6 heteroatoms. The summed E-state index contributed by atoms with van der Waals surface area (Å²) in [4.78, 5) is 21.2. The number of fused-ring (bicyclic) bond motifs is 2. The molecule has 4 aliphatic rings. The Kier molecular flexibility index (Phi) is 10.2. The summed E-state index contributed by atoms with van der Waals surface area (Å²) in [5.74, 6) is 4.90. The second-order valence-corrected chi connectivity index (χ2v) is 17.9. The molecule has 0 spiro atoms. The Morgan fingerprint density at radius 3 is 1.35 bits per heavy atom. The number of amidine groups is 4. The molecule has 0 radical (unpaired) electrons. The molecule has 2 N–H and O–H groups in total. The molecule has 2 aliphatic carbocycles. The highest BCUT2D eigenvalue weighted by Crippen LogP contribution is 2.52. The minimum Gasteiger partial charge on any atom is -0.324 e. The van der Waals surface area contributed by atoms with Crippen molar-refractivity contribution < 1.29 is 0 Å². The van der Waals surface area contributed by atoms with Crippen LogP contribution in [-0.4, -0.2) is 23.3 Å². The average Bonchev–Trinajstić information content (AvgIpc) is 3.72. The summed E-state index contributed by atoms with van der Waals surface area (Å²) >= 11 is 0. The first-order chi connectivity index (χ1) is 31.0. The van der Waals surface area contributed by atoms with Crippen LogP contribution in [0.2, 0.25) is 0 Å². The van der Waals surface area contributed by atoms with E-state index in [1.54, 1.807) is 0 Å². The first kappa shape index (κ1) is 38.7. The van der Waals surface area contributed by atoms with Crippen LogP contribution in [0.15, 0.2) is 208 Å². The number of nitrogens with zero attached hydrogens (tertiary/aromatic N) is 4. The van der Waals surface area contributed by atoms with Crippen LogP contribution in [0.25, 0.3) is 22.3 Å². The van der Waals surface area contributed by atoms with Crippen molar-refractivity contribution in [1.29, 1.82) is 0 Å². The molecule has 2 bridgehead atoms. The topological polar surface area (TPSA) is 73.5 Å². The van der Waals surface area contributed by atoms with Gasteiger partial charge in [-0.2, -0.15) is 0 Å². The van der Waals surface area contributed by atoms with Gasteiger partial charge in [-0.1, -0.05) is 202 Å². The van der Waals surface area contributed by atoms with Crippen LogP contribution >= 0.6 is 0 Å². The van der Waals surface area contributed by atoms with Crippen LogP contribution in [0.3, 0.4) is 0 Å². The summed E-state index contributed by atoms with van der Waals surface area (Å²) in [6.07, 6.45) is 5.80. The maximum atomic E-state index is 5.32. The Hall–Kier alpha value is -7.18. The molecule has 0 aromatic heterocycles. The molecule has 2 unspecified atom stereocenters. The van der Waals surface area contributed by atoms with Crippen molar-refractivity contribution >= 4 is 23.3 Å². The van der Waals surface area contributed by atoms with Crippen LogP contribution in [-0.2, 0) is 5.41 Å². The molecule has 7 aromatic rings. The van der Waals surface area contributed by atoms with E-state index in [2.05, 4.69) is 181 Å². The summed E-state index contributed by atoms with van der Waals surface area (Å²) in [5.41, 5.74) is 12.3. The lowest BCUT2D eigenvalue weighted by atomic mass is 9.66. The number of nitrogens with one attached hydrogen (secondary N) is 2. The number of benzene rings is 7. The Morgan fingerprint density at radius 1 is 0.413 bits per heavy atom. The first-order valence-electron chi connectivity index (χ1n) is 22.4. The highest BCUT2D eigenvalue weighted by Gasteiger charge is 2.42. The molecule has 3 atom stereocenters. The van der Waals surface area contributed by atoms with E-state index in [0.29, 0.717) is 0 Å². The lowest BCUT2D eigenvalue weighted by Gasteiger charge is -2.38. The number of aliphatic imine (C=N–C) groups is 4. The zero-order chi connectivity index (χ0) is 42.2. The van der Waals surface area contributed by atoms with Crippen molar-refractivity contribution in [2.75, 3.05) is 0 Å². The number of hydrogen-bond acceptors (Lipinski definition) is 6. The van der Waals surface area contributed by atoms with Gasteiger partial charge in [-0.05, 0) is 76.0 Å². The van der Waals surface area contributed by atoms with Gasteiger partial charge in [-0.25, -0.2) is 20.0 Å². The molecular weight excluding hydrogens is 769 g/mol. The van der Waals surface area contributed by atoms with E-state index >= 15 is 0 Å². The molecule has 308 valence electrons. The quantitative estimate of drug-likeness (QED) is 0.152. The van der Waals surface area contributed by atoms with Gasteiger partial charge in [0.25, 0.3) is 0 Å². The van der Waals surface area contributed by atoms with Crippen molar-refractivity contribution in [2.24, 2.45) is 31.8 Å². The second kappa shape index (κ2) is 16.6. The Bertz CT molecular complexity index is 2760. The molecule has 2 fully saturated rings. The van der Waals surface area contributed by atoms with Gasteiger partial charge in [-0.3, -0.25) is 0 Å². The molecule has 2 heterocycles. The second-order valence-electron chi connectivity index (χ2n) is 17.9. The molecule has 6 nitrogen and oxygen atoms in total. The monoisotopic (exact) mass is 818 g/mol. The van der Waals surface area contributed by atoms with E-state index in [1.807, 2.05) is 24.3 Å². The predicted octanol–water partition coefficient (Wildman–Crippen LogP) is 12.5. The maximum absolute atomic E-state index is 5.32. The van der Waals surface area contributed by atoms with E-state index < -0.39 is 12.3 Å². The molecule has 2 aliphatic heterocycles. The lowest BCUT2D eigenvalue weighted by Crippen LogP contribution is -2.36. The van der Waals surface area contributed by atoms with Gasteiger partial charge in [0, 0.05) is 27.8 Å². The standard InChI is InChI=1S/C57H50N6/c1-57(36-38-26-27-39(34-38)37-57)46-31-28-40(29-32-46)50-35-45(55-60-51(41-16-6-2-7-17-41)58-52(61-55)42-18-8-3-9-19-42)30-33-48(50)47-24-14-15-25-49(47)56-62-53(43-20-10-4-11-21-43)59-54(63-56)44-22-12-5-13-23-44/h2-25,28-33,35,38-39,55-56H,26-27,34,36-37H2,1H3,(H,58,60,61)(H,59,62,63)/t38-,39?,57?/m0/s1. The highest BCUT2D eigenvalue weighted by atomic mass is 15.2. The van der Waals surface area contributed by atoms with Gasteiger partial charge in [-0.15, -0.1) is 0 Å². The van der Waals surface area contributed by atoms with E-state index in [1.165, 1.54) is 37.7 Å². The highest BCUT2D eigenvalue weighted by molar-refractivity contribution is 6.16. The summed E-state index contributed by atoms with van der Waals surface area (Å²) in [6, 6.07) is 66.3. The third-order valence-corrected chi connectivity index (χ3v) is 13.6. The van der Waals surface area contributed by atoms with Crippen LogP contribution in [0.1, 0.15) is 90.3 Å². The van der Waals surface area contributed by atoms with Gasteiger partial charge >= 0.3 is 0 Å². The van der Waals surface area contributed by atoms with Gasteiger partial charge in [0.1, 0.15) is 23.3 Å². The van der Waals surface area contributed by atoms with E-state index in [4.69, 9.17) is 20.0 Å². The van der Waals surface area contributed by atoms with Crippen LogP contribution in [0.5, 0.6) is 0 Å². The fraction of sp³-hybridized carbons (Fsp3) is 0.193. The largest absolute Gasteiger partial charge is 0.324 e. The zero-order valence-electron chi connectivity index (χ0n) is 35.5. The SMILES string of the molecule is CC1(c2ccc(-c3cc(C4N=C(c5ccccc5)NC(c5ccccc5)=N4)ccc3-c3ccccc3C3N=C(c4ccccc4)NC(c4ccccc4)=N3)cc2)CC2CC[C@@H](C2)C1. The number of hydrogen-bond donors (Lipinski definition) is 2. The van der Waals surface area contributed by atoms with Crippen molar-refractivity contribution in [1.82, 2.24) is 10.6 Å². The molecule has 63 heavy (non-hydrogen) atoms. The van der Waals surface area contributed by atoms with Gasteiger partial charge in [0.15, 0.2) is 12.3 Å². The molecule has 11 rings (SSSR count). The summed E-state index contributed by atoms with van der Waals surface area (Å²) in [7, 11) is 0.